The molecule has 3 amide bonds. The van der Waals surface area contributed by atoms with Crippen molar-refractivity contribution in [1.29, 1.82) is 0 Å². The monoisotopic (exact) mass is 563 g/mol. The fourth-order valence-corrected chi connectivity index (χ4v) is 6.16. The molecule has 2 aliphatic heterocycles. The van der Waals surface area contributed by atoms with Crippen LogP contribution in [0.4, 0.5) is 5.69 Å². The van der Waals surface area contributed by atoms with Crippen LogP contribution in [0, 0.1) is 6.92 Å². The highest BCUT2D eigenvalue weighted by Gasteiger charge is 2.30. The highest BCUT2D eigenvalue weighted by Crippen LogP contribution is 2.42. The first-order chi connectivity index (χ1) is 20.0. The number of anilines is 1. The van der Waals surface area contributed by atoms with Gasteiger partial charge in [-0.3, -0.25) is 14.4 Å². The van der Waals surface area contributed by atoms with E-state index >= 15 is 0 Å². The summed E-state index contributed by atoms with van der Waals surface area (Å²) in [6.07, 6.45) is 3.37. The van der Waals surface area contributed by atoms with Gasteiger partial charge in [0.05, 0.1) is 23.4 Å². The number of carbonyl (C=O) groups is 3. The molecule has 41 heavy (non-hydrogen) atoms. The number of carbonyl (C=O) groups excluding carboxylic acids is 3. The van der Waals surface area contributed by atoms with Crippen LogP contribution < -0.4 is 4.90 Å². The molecule has 0 aliphatic carbocycles. The Morgan fingerprint density at radius 1 is 0.829 bits per heavy atom. The number of para-hydroxylation sites is 1. The summed E-state index contributed by atoms with van der Waals surface area (Å²) in [5.41, 5.74) is 4.59. The molecule has 206 valence electrons. The molecule has 0 N–H and O–H groups in total. The van der Waals surface area contributed by atoms with Gasteiger partial charge in [0.2, 0.25) is 0 Å². The standard InChI is InChI=1S/C33H29N3O4S/c1-23-7-2-3-8-26(23)22-36-27-9-4-5-11-29(27)41-30(33(36)39)21-24-12-14-25(15-13-24)31(37)34-16-18-35(19-17-34)32(38)28-10-6-20-40-28/h2-15,20-21H,16-19,22H2,1H3/b30-21+. The molecule has 0 unspecified atom stereocenters. The third kappa shape index (κ3) is 5.56. The van der Waals surface area contributed by atoms with Crippen molar-refractivity contribution < 1.29 is 18.8 Å². The second kappa shape index (κ2) is 11.5. The van der Waals surface area contributed by atoms with Gasteiger partial charge >= 0.3 is 0 Å². The van der Waals surface area contributed by atoms with Crippen LogP contribution in [0.2, 0.25) is 0 Å². The molecule has 8 heteroatoms. The van der Waals surface area contributed by atoms with Gasteiger partial charge in [0.15, 0.2) is 5.76 Å². The highest BCUT2D eigenvalue weighted by molar-refractivity contribution is 8.04. The summed E-state index contributed by atoms with van der Waals surface area (Å²) in [6.45, 7) is 4.37. The molecule has 0 saturated carbocycles. The van der Waals surface area contributed by atoms with Gasteiger partial charge in [0.25, 0.3) is 17.7 Å². The van der Waals surface area contributed by atoms with E-state index in [4.69, 9.17) is 4.42 Å². The highest BCUT2D eigenvalue weighted by atomic mass is 32.2. The van der Waals surface area contributed by atoms with Crippen LogP contribution in [-0.2, 0) is 11.3 Å². The van der Waals surface area contributed by atoms with Crippen LogP contribution in [0.1, 0.15) is 37.6 Å². The van der Waals surface area contributed by atoms with E-state index in [1.807, 2.05) is 59.5 Å². The lowest BCUT2D eigenvalue weighted by molar-refractivity contribution is -0.114. The molecule has 0 bridgehead atoms. The fourth-order valence-electron chi connectivity index (χ4n) is 5.10. The van der Waals surface area contributed by atoms with E-state index in [0.29, 0.717) is 49.0 Å². The maximum Gasteiger partial charge on any atom is 0.289 e. The number of hydrogen-bond acceptors (Lipinski definition) is 5. The molecule has 3 aromatic carbocycles. The van der Waals surface area contributed by atoms with E-state index in [1.54, 1.807) is 34.1 Å². The molecule has 0 radical (unpaired) electrons. The average molecular weight is 564 g/mol. The van der Waals surface area contributed by atoms with E-state index in [0.717, 1.165) is 27.3 Å². The molecule has 4 aromatic rings. The first-order valence-corrected chi connectivity index (χ1v) is 14.4. The van der Waals surface area contributed by atoms with Crippen molar-refractivity contribution in [2.45, 2.75) is 18.4 Å². The van der Waals surface area contributed by atoms with Gasteiger partial charge < -0.3 is 19.1 Å². The Morgan fingerprint density at radius 2 is 1.51 bits per heavy atom. The molecule has 0 spiro atoms. The largest absolute Gasteiger partial charge is 0.459 e. The van der Waals surface area contributed by atoms with Crippen molar-refractivity contribution in [2.75, 3.05) is 31.1 Å². The van der Waals surface area contributed by atoms with Gasteiger partial charge in [0.1, 0.15) is 0 Å². The molecular formula is C33H29N3O4S. The fraction of sp³-hybridized carbons (Fsp3) is 0.182. The van der Waals surface area contributed by atoms with E-state index in [-0.39, 0.29) is 17.7 Å². The van der Waals surface area contributed by atoms with E-state index in [1.165, 1.54) is 18.0 Å². The second-order valence-electron chi connectivity index (χ2n) is 10.1. The molecule has 2 aliphatic rings. The van der Waals surface area contributed by atoms with E-state index in [2.05, 4.69) is 19.1 Å². The van der Waals surface area contributed by atoms with Crippen molar-refractivity contribution in [3.05, 3.63) is 124 Å². The minimum absolute atomic E-state index is 0.0425. The van der Waals surface area contributed by atoms with Crippen molar-refractivity contribution in [1.82, 2.24) is 9.80 Å². The number of aryl methyl sites for hydroxylation is 1. The van der Waals surface area contributed by atoms with Gasteiger partial charge in [0, 0.05) is 36.6 Å². The van der Waals surface area contributed by atoms with Gasteiger partial charge in [-0.1, -0.05) is 60.3 Å². The predicted molar refractivity (Wildman–Crippen MR) is 160 cm³/mol. The number of piperazine rings is 1. The lowest BCUT2D eigenvalue weighted by atomic mass is 10.1. The van der Waals surface area contributed by atoms with Crippen LogP contribution in [0.5, 0.6) is 0 Å². The minimum atomic E-state index is -0.158. The number of amides is 3. The molecular weight excluding hydrogens is 534 g/mol. The Bertz CT molecular complexity index is 1620. The second-order valence-corrected chi connectivity index (χ2v) is 11.2. The van der Waals surface area contributed by atoms with Gasteiger partial charge in [-0.2, -0.15) is 0 Å². The molecule has 1 saturated heterocycles. The Hall–Kier alpha value is -4.56. The zero-order valence-electron chi connectivity index (χ0n) is 22.7. The number of fused-ring (bicyclic) bond motifs is 1. The Morgan fingerprint density at radius 3 is 2.22 bits per heavy atom. The maximum atomic E-state index is 13.7. The third-order valence-electron chi connectivity index (χ3n) is 7.46. The summed E-state index contributed by atoms with van der Waals surface area (Å²) in [7, 11) is 0. The molecule has 3 heterocycles. The Kier molecular flexibility index (Phi) is 7.48. The topological polar surface area (TPSA) is 74.1 Å². The summed E-state index contributed by atoms with van der Waals surface area (Å²) in [5, 5.41) is 0. The zero-order chi connectivity index (χ0) is 28.3. The number of rotatable bonds is 5. The van der Waals surface area contributed by atoms with Crippen LogP contribution in [0.3, 0.4) is 0 Å². The van der Waals surface area contributed by atoms with Gasteiger partial charge in [-0.25, -0.2) is 0 Å². The summed E-state index contributed by atoms with van der Waals surface area (Å²) in [4.78, 5) is 46.3. The van der Waals surface area contributed by atoms with Crippen molar-refractivity contribution in [2.24, 2.45) is 0 Å². The molecule has 7 nitrogen and oxygen atoms in total. The van der Waals surface area contributed by atoms with Crippen molar-refractivity contribution in [3.63, 3.8) is 0 Å². The smallest absolute Gasteiger partial charge is 0.289 e. The van der Waals surface area contributed by atoms with Crippen LogP contribution in [-0.4, -0.2) is 53.7 Å². The van der Waals surface area contributed by atoms with Gasteiger partial charge in [-0.15, -0.1) is 0 Å². The summed E-state index contributed by atoms with van der Waals surface area (Å²) in [6, 6.07) is 26.8. The number of nitrogens with zero attached hydrogens (tertiary/aromatic N) is 3. The first-order valence-electron chi connectivity index (χ1n) is 13.5. The lowest BCUT2D eigenvalue weighted by Crippen LogP contribution is -2.50. The molecule has 1 fully saturated rings. The SMILES string of the molecule is Cc1ccccc1CN1C(=O)/C(=C\c2ccc(C(=O)N3CCN(C(=O)c4ccco4)CC3)cc2)Sc2ccccc21. The Labute approximate surface area is 243 Å². The normalized spacial score (nSPS) is 16.2. The molecule has 1 aromatic heterocycles. The number of benzene rings is 3. The molecule has 6 rings (SSSR count). The summed E-state index contributed by atoms with van der Waals surface area (Å²) in [5.74, 6) is 0.0374. The van der Waals surface area contributed by atoms with Crippen molar-refractivity contribution in [3.8, 4) is 0 Å². The average Bonchev–Trinajstić information content (AvgIpc) is 3.55. The summed E-state index contributed by atoms with van der Waals surface area (Å²) < 4.78 is 5.22. The summed E-state index contributed by atoms with van der Waals surface area (Å²) >= 11 is 1.47. The van der Waals surface area contributed by atoms with Crippen LogP contribution in [0.25, 0.3) is 6.08 Å². The number of furan rings is 1. The zero-order valence-corrected chi connectivity index (χ0v) is 23.5. The lowest BCUT2D eigenvalue weighted by Gasteiger charge is -2.34. The van der Waals surface area contributed by atoms with Crippen LogP contribution >= 0.6 is 11.8 Å². The maximum absolute atomic E-state index is 13.7. The van der Waals surface area contributed by atoms with Crippen molar-refractivity contribution >= 4 is 41.2 Å². The predicted octanol–water partition coefficient (Wildman–Crippen LogP) is 5.87. The number of hydrogen-bond donors (Lipinski definition) is 0. The minimum Gasteiger partial charge on any atom is -0.459 e. The first kappa shape index (κ1) is 26.7. The van der Waals surface area contributed by atoms with E-state index < -0.39 is 0 Å². The quantitative estimate of drug-likeness (QED) is 0.284. The molecule has 0 atom stereocenters. The third-order valence-corrected chi connectivity index (χ3v) is 8.54. The van der Waals surface area contributed by atoms with Crippen LogP contribution in [0.15, 0.2) is 105 Å². The van der Waals surface area contributed by atoms with Gasteiger partial charge in [-0.05, 0) is 66.1 Å². The van der Waals surface area contributed by atoms with E-state index in [9.17, 15) is 14.4 Å². The number of thioether (sulfide) groups is 1. The Balaban J connectivity index is 1.15.